The van der Waals surface area contributed by atoms with Gasteiger partial charge >= 0.3 is 0 Å². The van der Waals surface area contributed by atoms with Gasteiger partial charge in [-0.15, -0.1) is 0 Å². The number of thioether (sulfide) groups is 1. The minimum Gasteiger partial charge on any atom is -0.339 e. The van der Waals surface area contributed by atoms with Crippen LogP contribution in [-0.2, 0) is 0 Å². The van der Waals surface area contributed by atoms with Crippen molar-refractivity contribution in [3.8, 4) is 11.4 Å². The fourth-order valence-corrected chi connectivity index (χ4v) is 3.53. The number of hydrogen-bond donors (Lipinski definition) is 1. The Hall–Kier alpha value is -1.11. The van der Waals surface area contributed by atoms with Crippen molar-refractivity contribution in [2.24, 2.45) is 5.73 Å². The maximum Gasteiger partial charge on any atom is 0.232 e. The van der Waals surface area contributed by atoms with Crippen LogP contribution in [0.4, 0.5) is 4.39 Å². The topological polar surface area (TPSA) is 64.9 Å². The van der Waals surface area contributed by atoms with Crippen LogP contribution in [0, 0.1) is 5.82 Å². The van der Waals surface area contributed by atoms with E-state index in [-0.39, 0.29) is 17.0 Å². The Morgan fingerprint density at radius 2 is 2.26 bits per heavy atom. The summed E-state index contributed by atoms with van der Waals surface area (Å²) in [6.45, 7) is 0. The Kier molecular flexibility index (Phi) is 3.47. The summed E-state index contributed by atoms with van der Waals surface area (Å²) >= 11 is 7.74. The zero-order valence-corrected chi connectivity index (χ0v) is 11.4. The molecule has 19 heavy (non-hydrogen) atoms. The van der Waals surface area contributed by atoms with Crippen LogP contribution in [0.25, 0.3) is 11.4 Å². The molecule has 100 valence electrons. The third kappa shape index (κ3) is 2.48. The molecule has 7 heteroatoms. The zero-order valence-electron chi connectivity index (χ0n) is 9.85. The summed E-state index contributed by atoms with van der Waals surface area (Å²) in [6, 6.07) is 4.11. The highest BCUT2D eigenvalue weighted by atomic mass is 35.5. The van der Waals surface area contributed by atoms with Crippen LogP contribution in [0.2, 0.25) is 5.02 Å². The molecule has 1 fully saturated rings. The van der Waals surface area contributed by atoms with Gasteiger partial charge in [0.25, 0.3) is 0 Å². The van der Waals surface area contributed by atoms with Crippen LogP contribution in [0.15, 0.2) is 22.7 Å². The van der Waals surface area contributed by atoms with E-state index in [1.807, 2.05) is 0 Å². The Bertz CT molecular complexity index is 606. The quantitative estimate of drug-likeness (QED) is 0.923. The molecule has 2 N–H and O–H groups in total. The molecule has 4 nitrogen and oxygen atoms in total. The first kappa shape index (κ1) is 12.9. The lowest BCUT2D eigenvalue weighted by Gasteiger charge is -2.07. The molecule has 0 saturated carbocycles. The third-order valence-corrected chi connectivity index (χ3v) is 4.58. The van der Waals surface area contributed by atoms with E-state index in [0.29, 0.717) is 17.3 Å². The average molecular weight is 300 g/mol. The smallest absolute Gasteiger partial charge is 0.232 e. The molecule has 0 aliphatic carbocycles. The van der Waals surface area contributed by atoms with Crippen molar-refractivity contribution in [1.82, 2.24) is 10.1 Å². The lowest BCUT2D eigenvalue weighted by molar-refractivity contribution is 0.352. The maximum atomic E-state index is 13.0. The maximum absolute atomic E-state index is 13.0. The van der Waals surface area contributed by atoms with Crippen molar-refractivity contribution >= 4 is 23.4 Å². The summed E-state index contributed by atoms with van der Waals surface area (Å²) in [4.78, 5) is 4.33. The van der Waals surface area contributed by atoms with Gasteiger partial charge in [-0.2, -0.15) is 16.7 Å². The van der Waals surface area contributed by atoms with Gasteiger partial charge in [0.1, 0.15) is 5.82 Å². The molecule has 2 atom stereocenters. The van der Waals surface area contributed by atoms with Gasteiger partial charge in [0.15, 0.2) is 0 Å². The lowest BCUT2D eigenvalue weighted by atomic mass is 10.1. The molecule has 1 aliphatic rings. The van der Waals surface area contributed by atoms with Crippen molar-refractivity contribution in [1.29, 1.82) is 0 Å². The predicted molar refractivity (Wildman–Crippen MR) is 72.7 cm³/mol. The summed E-state index contributed by atoms with van der Waals surface area (Å²) in [7, 11) is 0. The SMILES string of the molecule is NC1CSCC1c1nc(-c2ccc(F)cc2Cl)no1. The molecule has 2 aromatic rings. The first-order valence-corrected chi connectivity index (χ1v) is 7.31. The van der Waals surface area contributed by atoms with E-state index in [9.17, 15) is 4.39 Å². The van der Waals surface area contributed by atoms with Gasteiger partial charge in [0, 0.05) is 23.1 Å². The second-order valence-corrected chi connectivity index (χ2v) is 5.87. The second-order valence-electron chi connectivity index (χ2n) is 4.39. The van der Waals surface area contributed by atoms with Crippen LogP contribution in [0.5, 0.6) is 0 Å². The first-order chi connectivity index (χ1) is 9.15. The third-order valence-electron chi connectivity index (χ3n) is 3.06. The molecule has 1 saturated heterocycles. The second kappa shape index (κ2) is 5.11. The number of nitrogens with two attached hydrogens (primary N) is 1. The first-order valence-electron chi connectivity index (χ1n) is 5.77. The van der Waals surface area contributed by atoms with Crippen molar-refractivity contribution in [3.05, 3.63) is 34.9 Å². The van der Waals surface area contributed by atoms with E-state index in [2.05, 4.69) is 10.1 Å². The molecule has 2 unspecified atom stereocenters. The van der Waals surface area contributed by atoms with Gasteiger partial charge in [-0.05, 0) is 18.2 Å². The van der Waals surface area contributed by atoms with E-state index in [0.717, 1.165) is 11.5 Å². The van der Waals surface area contributed by atoms with Crippen LogP contribution in [0.3, 0.4) is 0 Å². The fraction of sp³-hybridized carbons (Fsp3) is 0.333. The minimum absolute atomic E-state index is 0.0296. The molecule has 1 aliphatic heterocycles. The van der Waals surface area contributed by atoms with Crippen molar-refractivity contribution in [2.75, 3.05) is 11.5 Å². The molecule has 0 amide bonds. The van der Waals surface area contributed by atoms with Gasteiger partial charge in [-0.1, -0.05) is 16.8 Å². The zero-order chi connectivity index (χ0) is 13.4. The number of benzene rings is 1. The van der Waals surface area contributed by atoms with Crippen LogP contribution in [-0.4, -0.2) is 27.7 Å². The summed E-state index contributed by atoms with van der Waals surface area (Å²) in [6.07, 6.45) is 0. The van der Waals surface area contributed by atoms with E-state index >= 15 is 0 Å². The number of rotatable bonds is 2. The van der Waals surface area contributed by atoms with Crippen molar-refractivity contribution in [3.63, 3.8) is 0 Å². The number of hydrogen-bond acceptors (Lipinski definition) is 5. The predicted octanol–water partition coefficient (Wildman–Crippen LogP) is 2.69. The Labute approximate surface area is 118 Å². The Morgan fingerprint density at radius 3 is 2.95 bits per heavy atom. The highest BCUT2D eigenvalue weighted by Crippen LogP contribution is 2.33. The highest BCUT2D eigenvalue weighted by Gasteiger charge is 2.31. The number of halogens is 2. The van der Waals surface area contributed by atoms with E-state index in [1.165, 1.54) is 18.2 Å². The van der Waals surface area contributed by atoms with E-state index in [1.54, 1.807) is 11.8 Å². The standard InChI is InChI=1S/C12H11ClFN3OS/c13-9-3-6(14)1-2-7(9)11-16-12(18-17-11)8-4-19-5-10(8)15/h1-3,8,10H,4-5,15H2. The monoisotopic (exact) mass is 299 g/mol. The summed E-state index contributed by atoms with van der Waals surface area (Å²) in [5.74, 6) is 2.33. The lowest BCUT2D eigenvalue weighted by Crippen LogP contribution is -2.26. The Balaban J connectivity index is 1.92. The van der Waals surface area contributed by atoms with Crippen LogP contribution < -0.4 is 5.73 Å². The van der Waals surface area contributed by atoms with E-state index < -0.39 is 5.82 Å². The molecule has 0 spiro atoms. The average Bonchev–Trinajstić information content (AvgIpc) is 2.97. The number of nitrogens with zero attached hydrogens (tertiary/aromatic N) is 2. The van der Waals surface area contributed by atoms with Gasteiger partial charge in [-0.25, -0.2) is 4.39 Å². The van der Waals surface area contributed by atoms with Gasteiger partial charge in [-0.3, -0.25) is 0 Å². The molecule has 3 rings (SSSR count). The van der Waals surface area contributed by atoms with Gasteiger partial charge in [0.05, 0.1) is 10.9 Å². The molecular formula is C12H11ClFN3OS. The molecule has 1 aromatic heterocycles. The molecule has 0 bridgehead atoms. The molecule has 1 aromatic carbocycles. The van der Waals surface area contributed by atoms with Crippen molar-refractivity contribution < 1.29 is 8.91 Å². The fourth-order valence-electron chi connectivity index (χ4n) is 1.99. The largest absolute Gasteiger partial charge is 0.339 e. The van der Waals surface area contributed by atoms with Gasteiger partial charge in [0.2, 0.25) is 11.7 Å². The van der Waals surface area contributed by atoms with Gasteiger partial charge < -0.3 is 10.3 Å². The highest BCUT2D eigenvalue weighted by molar-refractivity contribution is 7.99. The molecule has 0 radical (unpaired) electrons. The summed E-state index contributed by atoms with van der Waals surface area (Å²) in [5.41, 5.74) is 6.54. The van der Waals surface area contributed by atoms with Crippen LogP contribution in [0.1, 0.15) is 11.8 Å². The molecule has 2 heterocycles. The van der Waals surface area contributed by atoms with E-state index in [4.69, 9.17) is 21.9 Å². The summed E-state index contributed by atoms with van der Waals surface area (Å²) in [5, 5.41) is 4.16. The van der Waals surface area contributed by atoms with Crippen molar-refractivity contribution in [2.45, 2.75) is 12.0 Å². The Morgan fingerprint density at radius 1 is 1.42 bits per heavy atom. The number of aromatic nitrogens is 2. The molecular weight excluding hydrogens is 289 g/mol. The summed E-state index contributed by atoms with van der Waals surface area (Å²) < 4.78 is 18.2. The normalized spacial score (nSPS) is 22.9. The minimum atomic E-state index is -0.397. The van der Waals surface area contributed by atoms with Crippen LogP contribution >= 0.6 is 23.4 Å².